The van der Waals surface area contributed by atoms with E-state index in [0.717, 1.165) is 11.3 Å². The largest absolute Gasteiger partial charge is 0.393 e. The number of ketones is 1. The number of aliphatic hydroxyl groups excluding tert-OH is 1. The van der Waals surface area contributed by atoms with Crippen LogP contribution >= 0.6 is 0 Å². The Kier molecular flexibility index (Phi) is 7.05. The van der Waals surface area contributed by atoms with E-state index in [4.69, 9.17) is 5.14 Å². The lowest BCUT2D eigenvalue weighted by atomic mass is 9.99. The molecule has 33 heavy (non-hydrogen) atoms. The van der Waals surface area contributed by atoms with Gasteiger partial charge < -0.3 is 15.0 Å². The highest BCUT2D eigenvalue weighted by atomic mass is 32.2. The van der Waals surface area contributed by atoms with Crippen LogP contribution in [0.3, 0.4) is 0 Å². The summed E-state index contributed by atoms with van der Waals surface area (Å²) in [6.07, 6.45) is 3.68. The standard InChI is InChI=1S/C23H34N4O5S/c1-13-15(3)27(23(4,5)6)11-18(13)22(29)21-14(2)25-8-7-19(21)26-17-9-16(20(28)10-17)12-32-33(24,30)31/h7-8,11,16-17,20,28H,9-10,12H2,1-6H3,(H,25,26)(H2,24,30,31)/t16-,17-,20+/m1/s1. The lowest BCUT2D eigenvalue weighted by molar-refractivity contribution is 0.101. The minimum absolute atomic E-state index is 0.112. The average Bonchev–Trinajstić information content (AvgIpc) is 3.18. The number of aliphatic hydroxyl groups is 1. The minimum atomic E-state index is -4.07. The number of rotatable bonds is 7. The van der Waals surface area contributed by atoms with Crippen molar-refractivity contribution >= 4 is 21.8 Å². The second-order valence-corrected chi connectivity index (χ2v) is 11.1. The van der Waals surface area contributed by atoms with E-state index in [1.165, 1.54) is 0 Å². The van der Waals surface area contributed by atoms with Crippen molar-refractivity contribution in [3.05, 3.63) is 46.5 Å². The highest BCUT2D eigenvalue weighted by molar-refractivity contribution is 7.84. The zero-order valence-corrected chi connectivity index (χ0v) is 20.9. The molecule has 1 saturated carbocycles. The summed E-state index contributed by atoms with van der Waals surface area (Å²) in [4.78, 5) is 18.0. The molecule has 9 nitrogen and oxygen atoms in total. The molecule has 0 amide bonds. The van der Waals surface area contributed by atoms with Crippen LogP contribution in [0, 0.1) is 26.7 Å². The Morgan fingerprint density at radius 3 is 2.55 bits per heavy atom. The normalized spacial score (nSPS) is 21.4. The number of nitrogens with two attached hydrogens (primary N) is 1. The maximum atomic E-state index is 13.7. The first-order valence-electron chi connectivity index (χ1n) is 11.0. The average molecular weight is 479 g/mol. The van der Waals surface area contributed by atoms with Gasteiger partial charge in [-0.3, -0.25) is 14.0 Å². The fourth-order valence-corrected chi connectivity index (χ4v) is 4.90. The summed E-state index contributed by atoms with van der Waals surface area (Å²) in [6.45, 7) is 11.9. The lowest BCUT2D eigenvalue weighted by Crippen LogP contribution is -2.24. The molecule has 10 heteroatoms. The Hall–Kier alpha value is -2.27. The van der Waals surface area contributed by atoms with E-state index in [1.807, 2.05) is 20.0 Å². The highest BCUT2D eigenvalue weighted by Gasteiger charge is 2.35. The molecule has 0 spiro atoms. The van der Waals surface area contributed by atoms with Gasteiger partial charge in [0.25, 0.3) is 0 Å². The number of aromatic nitrogens is 2. The zero-order valence-electron chi connectivity index (χ0n) is 20.0. The fraction of sp³-hybridized carbons (Fsp3) is 0.565. The predicted octanol–water partition coefficient (Wildman–Crippen LogP) is 2.57. The number of anilines is 1. The van der Waals surface area contributed by atoms with Crippen molar-refractivity contribution in [2.45, 2.75) is 72.1 Å². The summed E-state index contributed by atoms with van der Waals surface area (Å²) in [6, 6.07) is 1.59. The summed E-state index contributed by atoms with van der Waals surface area (Å²) >= 11 is 0. The van der Waals surface area contributed by atoms with E-state index in [2.05, 4.69) is 39.8 Å². The smallest absolute Gasteiger partial charge is 0.333 e. The highest BCUT2D eigenvalue weighted by Crippen LogP contribution is 2.32. The molecular formula is C23H34N4O5S. The van der Waals surface area contributed by atoms with Crippen LogP contribution in [0.25, 0.3) is 0 Å². The minimum Gasteiger partial charge on any atom is -0.393 e. The molecular weight excluding hydrogens is 444 g/mol. The molecule has 0 aromatic carbocycles. The number of pyridine rings is 1. The quantitative estimate of drug-likeness (QED) is 0.520. The summed E-state index contributed by atoms with van der Waals surface area (Å²) in [5, 5.41) is 18.6. The summed E-state index contributed by atoms with van der Waals surface area (Å²) in [5.41, 5.74) is 4.18. The number of hydrogen-bond donors (Lipinski definition) is 3. The third kappa shape index (κ3) is 5.63. The molecule has 2 heterocycles. The van der Waals surface area contributed by atoms with Crippen LogP contribution in [-0.4, -0.2) is 47.6 Å². The van der Waals surface area contributed by atoms with E-state index in [0.29, 0.717) is 35.3 Å². The Balaban J connectivity index is 1.87. The van der Waals surface area contributed by atoms with Gasteiger partial charge in [-0.05, 0) is 66.0 Å². The summed E-state index contributed by atoms with van der Waals surface area (Å²) < 4.78 is 29.0. The molecule has 2 aromatic heterocycles. The number of nitrogens with one attached hydrogen (secondary N) is 1. The van der Waals surface area contributed by atoms with Crippen LogP contribution < -0.4 is 10.5 Å². The van der Waals surface area contributed by atoms with Crippen molar-refractivity contribution in [2.75, 3.05) is 11.9 Å². The van der Waals surface area contributed by atoms with Crippen LogP contribution in [0.4, 0.5) is 5.69 Å². The molecule has 182 valence electrons. The van der Waals surface area contributed by atoms with E-state index in [1.54, 1.807) is 19.2 Å². The van der Waals surface area contributed by atoms with Crippen molar-refractivity contribution in [1.29, 1.82) is 0 Å². The van der Waals surface area contributed by atoms with Gasteiger partial charge in [-0.1, -0.05) is 0 Å². The van der Waals surface area contributed by atoms with Gasteiger partial charge in [0.15, 0.2) is 5.78 Å². The maximum absolute atomic E-state index is 13.7. The molecule has 1 fully saturated rings. The first-order valence-corrected chi connectivity index (χ1v) is 12.5. The number of carbonyl (C=O) groups is 1. The molecule has 0 unspecified atom stereocenters. The Morgan fingerprint density at radius 2 is 1.97 bits per heavy atom. The van der Waals surface area contributed by atoms with Crippen molar-refractivity contribution in [3.8, 4) is 0 Å². The molecule has 3 rings (SSSR count). The van der Waals surface area contributed by atoms with Crippen LogP contribution in [-0.2, 0) is 20.0 Å². The molecule has 1 aliphatic carbocycles. The maximum Gasteiger partial charge on any atom is 0.333 e. The van der Waals surface area contributed by atoms with Gasteiger partial charge in [0.2, 0.25) is 0 Å². The first kappa shape index (κ1) is 25.4. The molecule has 2 aromatic rings. The number of hydrogen-bond acceptors (Lipinski definition) is 7. The molecule has 0 radical (unpaired) electrons. The molecule has 0 saturated heterocycles. The van der Waals surface area contributed by atoms with Crippen molar-refractivity contribution in [2.24, 2.45) is 11.1 Å². The lowest BCUT2D eigenvalue weighted by Gasteiger charge is -2.23. The number of aryl methyl sites for hydroxylation is 1. The molecule has 3 atom stereocenters. The van der Waals surface area contributed by atoms with Gasteiger partial charge in [-0.2, -0.15) is 8.42 Å². The first-order chi connectivity index (χ1) is 15.2. The molecule has 0 aliphatic heterocycles. The third-order valence-corrected chi connectivity index (χ3v) is 6.83. The van der Waals surface area contributed by atoms with Gasteiger partial charge in [-0.25, -0.2) is 5.14 Å². The van der Waals surface area contributed by atoms with Gasteiger partial charge in [0.1, 0.15) is 0 Å². The van der Waals surface area contributed by atoms with Gasteiger partial charge in [-0.15, -0.1) is 0 Å². The van der Waals surface area contributed by atoms with Crippen LogP contribution in [0.15, 0.2) is 18.5 Å². The SMILES string of the molecule is Cc1nccc(N[C@@H]2C[C@H](COS(N)(=O)=O)[C@@H](O)C2)c1C(=O)c1cn(C(C)(C)C)c(C)c1C. The van der Waals surface area contributed by atoms with Crippen LogP contribution in [0.1, 0.15) is 66.5 Å². The van der Waals surface area contributed by atoms with Gasteiger partial charge in [0.05, 0.1) is 24.0 Å². The molecule has 1 aliphatic rings. The Morgan fingerprint density at radius 1 is 1.30 bits per heavy atom. The molecule has 0 bridgehead atoms. The van der Waals surface area contributed by atoms with Crippen LogP contribution in [0.5, 0.6) is 0 Å². The monoisotopic (exact) mass is 478 g/mol. The van der Waals surface area contributed by atoms with E-state index < -0.39 is 16.4 Å². The van der Waals surface area contributed by atoms with E-state index in [-0.39, 0.29) is 29.9 Å². The van der Waals surface area contributed by atoms with Crippen LogP contribution in [0.2, 0.25) is 0 Å². The zero-order chi connectivity index (χ0) is 24.7. The van der Waals surface area contributed by atoms with Crippen molar-refractivity contribution < 1.29 is 22.5 Å². The van der Waals surface area contributed by atoms with E-state index >= 15 is 0 Å². The predicted molar refractivity (Wildman–Crippen MR) is 127 cm³/mol. The van der Waals surface area contributed by atoms with Gasteiger partial charge in [0, 0.05) is 46.8 Å². The number of carbonyl (C=O) groups excluding carboxylic acids is 1. The Bertz CT molecular complexity index is 1150. The second kappa shape index (κ2) is 9.17. The van der Waals surface area contributed by atoms with Crippen molar-refractivity contribution in [3.63, 3.8) is 0 Å². The van der Waals surface area contributed by atoms with Gasteiger partial charge >= 0.3 is 10.3 Å². The fourth-order valence-electron chi connectivity index (χ4n) is 4.53. The number of nitrogens with zero attached hydrogens (tertiary/aromatic N) is 2. The summed E-state index contributed by atoms with van der Waals surface area (Å²) in [5.74, 6) is -0.493. The molecule has 4 N–H and O–H groups in total. The topological polar surface area (TPSA) is 137 Å². The second-order valence-electron chi connectivity index (χ2n) is 9.86. The van der Waals surface area contributed by atoms with E-state index in [9.17, 15) is 18.3 Å². The summed E-state index contributed by atoms with van der Waals surface area (Å²) in [7, 11) is -4.07. The Labute approximate surface area is 195 Å². The third-order valence-electron chi connectivity index (χ3n) is 6.36. The van der Waals surface area contributed by atoms with Crippen molar-refractivity contribution in [1.82, 2.24) is 9.55 Å².